The van der Waals surface area contributed by atoms with Crippen molar-refractivity contribution in [1.29, 1.82) is 0 Å². The maximum Gasteiger partial charge on any atom is 0.137 e. The highest BCUT2D eigenvalue weighted by atomic mass is 15.2. The van der Waals surface area contributed by atoms with Crippen molar-refractivity contribution in [1.82, 2.24) is 4.98 Å². The molecule has 0 unspecified atom stereocenters. The van der Waals surface area contributed by atoms with Crippen LogP contribution >= 0.6 is 0 Å². The van der Waals surface area contributed by atoms with Crippen LogP contribution in [0.2, 0.25) is 0 Å². The molecule has 1 heterocycles. The number of hydrogen-bond donors (Lipinski definition) is 0. The Balaban J connectivity index is 1.18. The van der Waals surface area contributed by atoms with Crippen molar-refractivity contribution in [2.24, 2.45) is 0 Å². The molecule has 0 aliphatic heterocycles. The van der Waals surface area contributed by atoms with Gasteiger partial charge in [0.05, 0.1) is 0 Å². The van der Waals surface area contributed by atoms with E-state index in [0.29, 0.717) is 0 Å². The standard InChI is InChI=1S/C47H32N2/c1-2-12-33(13-3-1)35-23-27-39(28-24-35)49(45-20-10-11-31-48-45)40-29-25-36(26-30-40)46-41-16-6-8-18-43(41)47(44-19-9-7-17-42(44)46)38-22-21-34-14-4-5-15-37(34)32-38/h1-32H. The molecule has 0 saturated carbocycles. The lowest BCUT2D eigenvalue weighted by atomic mass is 9.85. The van der Waals surface area contributed by atoms with Gasteiger partial charge in [-0.3, -0.25) is 4.90 Å². The molecule has 0 N–H and O–H groups in total. The summed E-state index contributed by atoms with van der Waals surface area (Å²) in [6.07, 6.45) is 1.85. The second-order valence-corrected chi connectivity index (χ2v) is 12.4. The lowest BCUT2D eigenvalue weighted by Crippen LogP contribution is -2.11. The molecule has 9 aromatic rings. The van der Waals surface area contributed by atoms with Gasteiger partial charge in [-0.05, 0) is 108 Å². The Bertz CT molecular complexity index is 2520. The largest absolute Gasteiger partial charge is 0.295 e. The predicted molar refractivity (Wildman–Crippen MR) is 208 cm³/mol. The Labute approximate surface area is 286 Å². The van der Waals surface area contributed by atoms with Crippen LogP contribution in [0, 0.1) is 0 Å². The first-order valence-electron chi connectivity index (χ1n) is 16.7. The van der Waals surface area contributed by atoms with Crippen LogP contribution in [-0.2, 0) is 0 Å². The van der Waals surface area contributed by atoms with Crippen molar-refractivity contribution in [3.05, 3.63) is 194 Å². The fraction of sp³-hybridized carbons (Fsp3) is 0. The maximum absolute atomic E-state index is 4.76. The zero-order valence-corrected chi connectivity index (χ0v) is 26.9. The van der Waals surface area contributed by atoms with E-state index in [4.69, 9.17) is 4.98 Å². The topological polar surface area (TPSA) is 16.1 Å². The Hall–Kier alpha value is -6.51. The molecule has 0 radical (unpaired) electrons. The number of aromatic nitrogens is 1. The van der Waals surface area contributed by atoms with Gasteiger partial charge in [0.15, 0.2) is 0 Å². The van der Waals surface area contributed by atoms with Gasteiger partial charge >= 0.3 is 0 Å². The first kappa shape index (κ1) is 28.7. The molecule has 0 aliphatic rings. The molecule has 9 rings (SSSR count). The summed E-state index contributed by atoms with van der Waals surface area (Å²) in [4.78, 5) is 6.98. The van der Waals surface area contributed by atoms with Gasteiger partial charge in [-0.2, -0.15) is 0 Å². The summed E-state index contributed by atoms with van der Waals surface area (Å²) in [7, 11) is 0. The third-order valence-corrected chi connectivity index (χ3v) is 9.49. The van der Waals surface area contributed by atoms with E-state index in [1.807, 2.05) is 18.3 Å². The molecule has 0 atom stereocenters. The van der Waals surface area contributed by atoms with Crippen LogP contribution in [0.25, 0.3) is 65.7 Å². The van der Waals surface area contributed by atoms with E-state index in [0.717, 1.165) is 17.2 Å². The highest BCUT2D eigenvalue weighted by molar-refractivity contribution is 6.21. The van der Waals surface area contributed by atoms with Crippen LogP contribution in [0.3, 0.4) is 0 Å². The van der Waals surface area contributed by atoms with Gasteiger partial charge in [0, 0.05) is 17.6 Å². The summed E-state index contributed by atoms with van der Waals surface area (Å²) < 4.78 is 0. The molecule has 8 aromatic carbocycles. The summed E-state index contributed by atoms with van der Waals surface area (Å²) in [6.45, 7) is 0. The number of anilines is 3. The number of hydrogen-bond acceptors (Lipinski definition) is 2. The van der Waals surface area contributed by atoms with E-state index in [2.05, 4.69) is 181 Å². The molecule has 2 heteroatoms. The van der Waals surface area contributed by atoms with Gasteiger partial charge < -0.3 is 0 Å². The lowest BCUT2D eigenvalue weighted by Gasteiger charge is -2.25. The van der Waals surface area contributed by atoms with Crippen molar-refractivity contribution in [2.45, 2.75) is 0 Å². The number of benzene rings is 8. The molecule has 1 aromatic heterocycles. The summed E-state index contributed by atoms with van der Waals surface area (Å²) in [5.41, 5.74) is 9.44. The van der Waals surface area contributed by atoms with E-state index in [9.17, 15) is 0 Å². The molecule has 0 aliphatic carbocycles. The Morgan fingerprint density at radius 3 is 1.39 bits per heavy atom. The Morgan fingerprint density at radius 1 is 0.327 bits per heavy atom. The van der Waals surface area contributed by atoms with E-state index < -0.39 is 0 Å². The maximum atomic E-state index is 4.76. The second kappa shape index (κ2) is 12.3. The predicted octanol–water partition coefficient (Wildman–Crippen LogP) is 13.0. The first-order valence-corrected chi connectivity index (χ1v) is 16.7. The zero-order chi connectivity index (χ0) is 32.6. The molecule has 0 amide bonds. The summed E-state index contributed by atoms with van der Waals surface area (Å²) in [5.74, 6) is 0.873. The highest BCUT2D eigenvalue weighted by Crippen LogP contribution is 2.45. The zero-order valence-electron chi connectivity index (χ0n) is 26.9. The second-order valence-electron chi connectivity index (χ2n) is 12.4. The Morgan fingerprint density at radius 2 is 0.796 bits per heavy atom. The van der Waals surface area contributed by atoms with Crippen LogP contribution in [0.5, 0.6) is 0 Å². The summed E-state index contributed by atoms with van der Waals surface area (Å²) in [6, 6.07) is 67.4. The number of fused-ring (bicyclic) bond motifs is 3. The summed E-state index contributed by atoms with van der Waals surface area (Å²) >= 11 is 0. The molecule has 2 nitrogen and oxygen atoms in total. The van der Waals surface area contributed by atoms with Gasteiger partial charge in [-0.1, -0.05) is 146 Å². The highest BCUT2D eigenvalue weighted by Gasteiger charge is 2.18. The molecule has 0 spiro atoms. The van der Waals surface area contributed by atoms with E-state index in [1.54, 1.807) is 0 Å². The number of pyridine rings is 1. The van der Waals surface area contributed by atoms with Crippen LogP contribution in [-0.4, -0.2) is 4.98 Å². The van der Waals surface area contributed by atoms with Gasteiger partial charge in [-0.15, -0.1) is 0 Å². The first-order chi connectivity index (χ1) is 24.3. The third kappa shape index (κ3) is 5.21. The molecule has 0 bridgehead atoms. The third-order valence-electron chi connectivity index (χ3n) is 9.49. The van der Waals surface area contributed by atoms with Crippen molar-refractivity contribution in [3.8, 4) is 33.4 Å². The SMILES string of the molecule is c1ccc(-c2ccc(N(c3ccc(-c4c5ccccc5c(-c5ccc6ccccc6c5)c5ccccc45)cc3)c3ccccn3)cc2)cc1. The molecular weight excluding hydrogens is 593 g/mol. The van der Waals surface area contributed by atoms with E-state index >= 15 is 0 Å². The number of nitrogens with zero attached hydrogens (tertiary/aromatic N) is 2. The average molecular weight is 625 g/mol. The van der Waals surface area contributed by atoms with Crippen LogP contribution in [0.15, 0.2) is 194 Å². The minimum absolute atomic E-state index is 0.873. The Kier molecular flexibility index (Phi) is 7.18. The quantitative estimate of drug-likeness (QED) is 0.171. The van der Waals surface area contributed by atoms with Crippen LogP contribution in [0.4, 0.5) is 17.2 Å². The normalized spacial score (nSPS) is 11.3. The summed E-state index contributed by atoms with van der Waals surface area (Å²) in [5, 5.41) is 7.50. The minimum atomic E-state index is 0.873. The smallest absolute Gasteiger partial charge is 0.137 e. The van der Waals surface area contributed by atoms with E-state index in [1.165, 1.54) is 65.7 Å². The molecular formula is C47H32N2. The van der Waals surface area contributed by atoms with E-state index in [-0.39, 0.29) is 0 Å². The lowest BCUT2D eigenvalue weighted by molar-refractivity contribution is 1.18. The van der Waals surface area contributed by atoms with Crippen molar-refractivity contribution >= 4 is 49.5 Å². The van der Waals surface area contributed by atoms with Gasteiger partial charge in [0.1, 0.15) is 5.82 Å². The fourth-order valence-corrected chi connectivity index (χ4v) is 7.21. The number of rotatable bonds is 6. The molecule has 230 valence electrons. The van der Waals surface area contributed by atoms with Crippen molar-refractivity contribution in [3.63, 3.8) is 0 Å². The average Bonchev–Trinajstić information content (AvgIpc) is 3.18. The van der Waals surface area contributed by atoms with Gasteiger partial charge in [-0.25, -0.2) is 4.98 Å². The molecule has 0 saturated heterocycles. The van der Waals surface area contributed by atoms with Crippen molar-refractivity contribution in [2.75, 3.05) is 4.90 Å². The fourth-order valence-electron chi connectivity index (χ4n) is 7.21. The van der Waals surface area contributed by atoms with Crippen LogP contribution < -0.4 is 4.90 Å². The monoisotopic (exact) mass is 624 g/mol. The molecule has 0 fully saturated rings. The van der Waals surface area contributed by atoms with Gasteiger partial charge in [0.25, 0.3) is 0 Å². The van der Waals surface area contributed by atoms with Gasteiger partial charge in [0.2, 0.25) is 0 Å². The molecule has 49 heavy (non-hydrogen) atoms. The van der Waals surface area contributed by atoms with Crippen molar-refractivity contribution < 1.29 is 0 Å². The minimum Gasteiger partial charge on any atom is -0.295 e. The van der Waals surface area contributed by atoms with Crippen LogP contribution in [0.1, 0.15) is 0 Å².